The number of rotatable bonds is 3. The molecule has 3 N–H and O–H groups in total. The molecule has 1 fully saturated rings. The molecule has 0 radical (unpaired) electrons. The summed E-state index contributed by atoms with van der Waals surface area (Å²) in [5.74, 6) is 0.677. The summed E-state index contributed by atoms with van der Waals surface area (Å²) in [5.41, 5.74) is 6.41. The number of carbonyl (C=O) groups excluding carboxylic acids is 1. The maximum atomic E-state index is 11.9. The summed E-state index contributed by atoms with van der Waals surface area (Å²) in [7, 11) is 0. The second kappa shape index (κ2) is 5.25. The summed E-state index contributed by atoms with van der Waals surface area (Å²) in [4.78, 5) is 16.0. The Balaban J connectivity index is 1.97. The van der Waals surface area contributed by atoms with Gasteiger partial charge in [-0.2, -0.15) is 0 Å². The van der Waals surface area contributed by atoms with Crippen LogP contribution in [0, 0.1) is 5.92 Å². The molecule has 1 amide bonds. The number of pyridine rings is 1. The Labute approximate surface area is 100 Å². The molecule has 1 aromatic rings. The lowest BCUT2D eigenvalue weighted by molar-refractivity contribution is -0.126. The van der Waals surface area contributed by atoms with Gasteiger partial charge in [0.1, 0.15) is 11.9 Å². The van der Waals surface area contributed by atoms with Crippen molar-refractivity contribution < 1.29 is 9.53 Å². The van der Waals surface area contributed by atoms with Gasteiger partial charge in [-0.15, -0.1) is 0 Å². The van der Waals surface area contributed by atoms with Crippen LogP contribution in [0.15, 0.2) is 18.3 Å². The molecule has 2 heterocycles. The third kappa shape index (κ3) is 2.81. The second-order valence-electron chi connectivity index (χ2n) is 4.30. The first kappa shape index (κ1) is 12.0. The fourth-order valence-corrected chi connectivity index (χ4v) is 1.85. The van der Waals surface area contributed by atoms with Crippen LogP contribution in [0.25, 0.3) is 0 Å². The van der Waals surface area contributed by atoms with E-state index in [1.165, 1.54) is 0 Å². The van der Waals surface area contributed by atoms with Crippen molar-refractivity contribution in [1.82, 2.24) is 4.98 Å². The molecule has 0 bridgehead atoms. The first-order chi connectivity index (χ1) is 8.20. The minimum absolute atomic E-state index is 0.122. The molecule has 1 aliphatic rings. The van der Waals surface area contributed by atoms with Crippen LogP contribution in [0.5, 0.6) is 0 Å². The smallest absolute Gasteiger partial charge is 0.254 e. The zero-order valence-corrected chi connectivity index (χ0v) is 9.85. The van der Waals surface area contributed by atoms with Gasteiger partial charge < -0.3 is 15.8 Å². The molecule has 1 aromatic heterocycles. The number of ether oxygens (including phenoxy) is 1. The van der Waals surface area contributed by atoms with E-state index < -0.39 is 0 Å². The average molecular weight is 235 g/mol. The summed E-state index contributed by atoms with van der Waals surface area (Å²) >= 11 is 0. The molecule has 1 saturated heterocycles. The lowest BCUT2D eigenvalue weighted by atomic mass is 10.0. The van der Waals surface area contributed by atoms with Crippen LogP contribution in [0.1, 0.15) is 18.9 Å². The Kier molecular flexibility index (Phi) is 3.71. The van der Waals surface area contributed by atoms with Crippen LogP contribution >= 0.6 is 0 Å². The normalized spacial score (nSPS) is 23.6. The van der Waals surface area contributed by atoms with Crippen molar-refractivity contribution in [3.63, 3.8) is 0 Å². The van der Waals surface area contributed by atoms with Crippen LogP contribution in [-0.4, -0.2) is 23.6 Å². The van der Waals surface area contributed by atoms with Crippen LogP contribution < -0.4 is 11.1 Å². The van der Waals surface area contributed by atoms with Crippen molar-refractivity contribution >= 4 is 11.7 Å². The van der Waals surface area contributed by atoms with E-state index in [0.29, 0.717) is 19.0 Å². The molecule has 0 spiro atoms. The largest absolute Gasteiger partial charge is 0.368 e. The van der Waals surface area contributed by atoms with Gasteiger partial charge in [0.05, 0.1) is 0 Å². The molecule has 17 heavy (non-hydrogen) atoms. The highest BCUT2D eigenvalue weighted by molar-refractivity contribution is 5.93. The molecule has 0 aromatic carbocycles. The Morgan fingerprint density at radius 3 is 3.00 bits per heavy atom. The summed E-state index contributed by atoms with van der Waals surface area (Å²) in [5, 5.41) is 2.75. The van der Waals surface area contributed by atoms with Gasteiger partial charge >= 0.3 is 0 Å². The fraction of sp³-hybridized carbons (Fsp3) is 0.500. The molecular formula is C12H17N3O2. The molecule has 5 heteroatoms. The minimum atomic E-state index is -0.356. The number of nitrogens with zero attached hydrogens (tertiary/aromatic N) is 1. The first-order valence-electron chi connectivity index (χ1n) is 5.78. The van der Waals surface area contributed by atoms with E-state index in [9.17, 15) is 4.79 Å². The fourth-order valence-electron chi connectivity index (χ4n) is 1.85. The third-order valence-corrected chi connectivity index (χ3v) is 2.96. The first-order valence-corrected chi connectivity index (χ1v) is 5.78. The number of aromatic nitrogens is 1. The highest BCUT2D eigenvalue weighted by Gasteiger charge is 2.30. The highest BCUT2D eigenvalue weighted by Crippen LogP contribution is 2.21. The van der Waals surface area contributed by atoms with Gasteiger partial charge in [-0.25, -0.2) is 4.98 Å². The van der Waals surface area contributed by atoms with E-state index in [1.54, 1.807) is 12.3 Å². The summed E-state index contributed by atoms with van der Waals surface area (Å²) in [6, 6.07) is 3.60. The number of hydrogen-bond acceptors (Lipinski definition) is 4. The van der Waals surface area contributed by atoms with E-state index >= 15 is 0 Å². The molecular weight excluding hydrogens is 218 g/mol. The maximum absolute atomic E-state index is 11.9. The van der Waals surface area contributed by atoms with Gasteiger partial charge in [0.2, 0.25) is 0 Å². The quantitative estimate of drug-likeness (QED) is 0.816. The van der Waals surface area contributed by atoms with Gasteiger partial charge in [-0.1, -0.05) is 13.0 Å². The predicted octanol–water partition coefficient (Wildman–Crippen LogP) is 0.904. The molecule has 0 saturated carbocycles. The predicted molar refractivity (Wildman–Crippen MR) is 64.3 cm³/mol. The number of nitrogens with one attached hydrogen (secondary N) is 1. The molecule has 0 aliphatic carbocycles. The Morgan fingerprint density at radius 1 is 1.65 bits per heavy atom. The molecule has 92 valence electrons. The Morgan fingerprint density at radius 2 is 2.47 bits per heavy atom. The van der Waals surface area contributed by atoms with Crippen molar-refractivity contribution in [3.05, 3.63) is 23.9 Å². The minimum Gasteiger partial charge on any atom is -0.368 e. The van der Waals surface area contributed by atoms with Crippen molar-refractivity contribution in [1.29, 1.82) is 0 Å². The SMILES string of the molecule is CC1CCOC1C(=O)Nc1ccc(CN)cn1. The van der Waals surface area contributed by atoms with Gasteiger partial charge in [0.15, 0.2) is 0 Å². The number of amides is 1. The highest BCUT2D eigenvalue weighted by atomic mass is 16.5. The molecule has 5 nitrogen and oxygen atoms in total. The van der Waals surface area contributed by atoms with Crippen molar-refractivity contribution in [2.24, 2.45) is 11.7 Å². The number of hydrogen-bond donors (Lipinski definition) is 2. The van der Waals surface area contributed by atoms with Crippen LogP contribution in [-0.2, 0) is 16.1 Å². The Hall–Kier alpha value is -1.46. The van der Waals surface area contributed by atoms with Crippen molar-refractivity contribution in [2.75, 3.05) is 11.9 Å². The van der Waals surface area contributed by atoms with Gasteiger partial charge in [-0.3, -0.25) is 4.79 Å². The maximum Gasteiger partial charge on any atom is 0.254 e. The second-order valence-corrected chi connectivity index (χ2v) is 4.30. The van der Waals surface area contributed by atoms with Crippen LogP contribution in [0.2, 0.25) is 0 Å². The number of carbonyl (C=O) groups is 1. The zero-order chi connectivity index (χ0) is 12.3. The van der Waals surface area contributed by atoms with Crippen molar-refractivity contribution in [3.8, 4) is 0 Å². The summed E-state index contributed by atoms with van der Waals surface area (Å²) in [6.07, 6.45) is 2.23. The third-order valence-electron chi connectivity index (χ3n) is 2.96. The van der Waals surface area contributed by atoms with E-state index in [0.717, 1.165) is 12.0 Å². The van der Waals surface area contributed by atoms with Gasteiger partial charge in [0.25, 0.3) is 5.91 Å². The van der Waals surface area contributed by atoms with Crippen LogP contribution in [0.4, 0.5) is 5.82 Å². The summed E-state index contributed by atoms with van der Waals surface area (Å²) < 4.78 is 5.38. The van der Waals surface area contributed by atoms with E-state index in [1.807, 2.05) is 13.0 Å². The van der Waals surface area contributed by atoms with Crippen molar-refractivity contribution in [2.45, 2.75) is 26.0 Å². The van der Waals surface area contributed by atoms with Crippen LogP contribution in [0.3, 0.4) is 0 Å². The number of anilines is 1. The molecule has 2 atom stereocenters. The van der Waals surface area contributed by atoms with Gasteiger partial charge in [-0.05, 0) is 24.0 Å². The molecule has 1 aliphatic heterocycles. The number of nitrogens with two attached hydrogens (primary N) is 1. The lowest BCUT2D eigenvalue weighted by Gasteiger charge is -2.13. The molecule has 2 rings (SSSR count). The lowest BCUT2D eigenvalue weighted by Crippen LogP contribution is -2.31. The van der Waals surface area contributed by atoms with Gasteiger partial charge in [0, 0.05) is 19.3 Å². The van der Waals surface area contributed by atoms with E-state index in [2.05, 4.69) is 10.3 Å². The van der Waals surface area contributed by atoms with E-state index in [-0.39, 0.29) is 17.9 Å². The molecule has 2 unspecified atom stereocenters. The monoisotopic (exact) mass is 235 g/mol. The zero-order valence-electron chi connectivity index (χ0n) is 9.85. The van der Waals surface area contributed by atoms with E-state index in [4.69, 9.17) is 10.5 Å². The topological polar surface area (TPSA) is 77.2 Å². The summed E-state index contributed by atoms with van der Waals surface area (Å²) in [6.45, 7) is 3.12. The Bertz CT molecular complexity index is 391. The average Bonchev–Trinajstić information content (AvgIpc) is 2.76. The standard InChI is InChI=1S/C12H17N3O2/c1-8-4-5-17-11(8)12(16)15-10-3-2-9(6-13)7-14-10/h2-3,7-8,11H,4-6,13H2,1H3,(H,14,15,16).